The minimum absolute atomic E-state index is 0.287. The molecular formula is C24H22F6O3. The molecule has 9 heteroatoms. The predicted molar refractivity (Wildman–Crippen MR) is 111 cm³/mol. The van der Waals surface area contributed by atoms with E-state index in [0.717, 1.165) is 37.1 Å². The molecule has 0 spiro atoms. The molecule has 3 aromatic rings. The van der Waals surface area contributed by atoms with E-state index in [1.165, 1.54) is 5.56 Å². The highest BCUT2D eigenvalue weighted by atomic mass is 19.4. The Kier molecular flexibility index (Phi) is 8.38. The molecule has 0 atom stereocenters. The monoisotopic (exact) mass is 472 g/mol. The first-order valence-corrected chi connectivity index (χ1v) is 9.80. The number of alkyl halides is 6. The summed E-state index contributed by atoms with van der Waals surface area (Å²) in [7, 11) is 0. The Hall–Kier alpha value is -3.20. The summed E-state index contributed by atoms with van der Waals surface area (Å²) >= 11 is 0. The van der Waals surface area contributed by atoms with E-state index in [1.54, 1.807) is 0 Å². The van der Waals surface area contributed by atoms with Crippen molar-refractivity contribution in [2.45, 2.75) is 30.6 Å². The zero-order valence-electron chi connectivity index (χ0n) is 17.2. The van der Waals surface area contributed by atoms with Crippen molar-refractivity contribution in [3.05, 3.63) is 95.6 Å². The third kappa shape index (κ3) is 5.98. The molecule has 0 bridgehead atoms. The summed E-state index contributed by atoms with van der Waals surface area (Å²) in [6.45, 7) is 0.287. The molecule has 0 unspecified atom stereocenters. The van der Waals surface area contributed by atoms with Gasteiger partial charge in [-0.1, -0.05) is 54.6 Å². The number of rotatable bonds is 6. The molecule has 3 N–H and O–H groups in total. The molecular weight excluding hydrogens is 450 g/mol. The highest BCUT2D eigenvalue weighted by Gasteiger charge is 2.72. The Labute approximate surface area is 186 Å². The van der Waals surface area contributed by atoms with Crippen molar-refractivity contribution in [3.63, 3.8) is 0 Å². The smallest absolute Gasteiger partial charge is 0.457 e. The Morgan fingerprint density at radius 2 is 1.03 bits per heavy atom. The Morgan fingerprint density at radius 3 is 1.39 bits per heavy atom. The van der Waals surface area contributed by atoms with Crippen LogP contribution >= 0.6 is 0 Å². The number of aromatic hydroxyl groups is 2. The van der Waals surface area contributed by atoms with Crippen LogP contribution in [0.2, 0.25) is 0 Å². The number of aliphatic hydroxyl groups excluding tert-OH is 1. The van der Waals surface area contributed by atoms with Gasteiger partial charge in [0.2, 0.25) is 5.67 Å². The number of hydrogen-bond acceptors (Lipinski definition) is 3. The summed E-state index contributed by atoms with van der Waals surface area (Å²) in [6.07, 6.45) is -4.31. The quantitative estimate of drug-likeness (QED) is 0.379. The maximum absolute atomic E-state index is 15.2. The van der Waals surface area contributed by atoms with Crippen molar-refractivity contribution in [2.24, 2.45) is 0 Å². The lowest BCUT2D eigenvalue weighted by Gasteiger charge is -2.35. The third-order valence-electron chi connectivity index (χ3n) is 4.79. The topological polar surface area (TPSA) is 60.7 Å². The summed E-state index contributed by atoms with van der Waals surface area (Å²) in [6, 6.07) is 16.0. The lowest BCUT2D eigenvalue weighted by molar-refractivity contribution is -0.323. The van der Waals surface area contributed by atoms with Crippen LogP contribution in [-0.2, 0) is 12.1 Å². The summed E-state index contributed by atoms with van der Waals surface area (Å²) in [5, 5.41) is 26.8. The molecule has 0 fully saturated rings. The molecule has 0 aliphatic carbocycles. The van der Waals surface area contributed by atoms with Crippen LogP contribution in [0.4, 0.5) is 26.3 Å². The highest BCUT2D eigenvalue weighted by Crippen LogP contribution is 2.54. The predicted octanol–water partition coefficient (Wildman–Crippen LogP) is 6.12. The number of phenols is 2. The molecule has 0 saturated heterocycles. The normalized spacial score (nSPS) is 12.1. The second kappa shape index (κ2) is 10.6. The van der Waals surface area contributed by atoms with Gasteiger partial charge in [-0.05, 0) is 42.7 Å². The molecule has 0 heterocycles. The molecule has 0 saturated carbocycles. The number of aliphatic hydroxyl groups is 1. The van der Waals surface area contributed by atoms with Crippen molar-refractivity contribution in [1.82, 2.24) is 0 Å². The van der Waals surface area contributed by atoms with Crippen LogP contribution in [0.15, 0.2) is 78.9 Å². The maximum atomic E-state index is 15.2. The Balaban J connectivity index is 0.000000321. The van der Waals surface area contributed by atoms with Crippen molar-refractivity contribution in [2.75, 3.05) is 6.61 Å². The van der Waals surface area contributed by atoms with Crippen LogP contribution in [0.1, 0.15) is 23.1 Å². The van der Waals surface area contributed by atoms with Crippen LogP contribution in [0.25, 0.3) is 0 Å². The first-order valence-electron chi connectivity index (χ1n) is 9.80. The van der Waals surface area contributed by atoms with Gasteiger partial charge in [0.25, 0.3) is 0 Å². The van der Waals surface area contributed by atoms with E-state index < -0.39 is 40.4 Å². The number of halogens is 6. The fourth-order valence-corrected chi connectivity index (χ4v) is 3.03. The first kappa shape index (κ1) is 26.1. The minimum atomic E-state index is -6.16. The maximum Gasteiger partial charge on any atom is 0.457 e. The Bertz CT molecular complexity index is 942. The highest BCUT2D eigenvalue weighted by molar-refractivity contribution is 5.43. The molecule has 3 nitrogen and oxygen atoms in total. The molecule has 0 aliphatic rings. The standard InChI is InChI=1S/C15H10F6O2.C9H12O/c16-13(14(17,18)15(19,20)21,9-1-5-11(22)6-2-9)10-3-7-12(23)8-4-10;10-8-4-7-9-5-2-1-3-6-9/h1-8,22-23H;1-3,5-6,10H,4,7-8H2. The molecule has 0 aliphatic heterocycles. The number of phenolic OH excluding ortho intramolecular Hbond substituents is 2. The lowest BCUT2D eigenvalue weighted by atomic mass is 9.82. The second-order valence-electron chi connectivity index (χ2n) is 7.14. The fourth-order valence-electron chi connectivity index (χ4n) is 3.03. The molecule has 0 aromatic heterocycles. The number of hydrogen-bond donors (Lipinski definition) is 3. The minimum Gasteiger partial charge on any atom is -0.508 e. The second-order valence-corrected chi connectivity index (χ2v) is 7.14. The SMILES string of the molecule is OCCCc1ccccc1.Oc1ccc(C(F)(c2ccc(O)cc2)C(F)(F)C(F)(F)F)cc1. The number of benzene rings is 3. The largest absolute Gasteiger partial charge is 0.508 e. The van der Waals surface area contributed by atoms with Gasteiger partial charge >= 0.3 is 12.1 Å². The van der Waals surface area contributed by atoms with E-state index in [2.05, 4.69) is 12.1 Å². The van der Waals surface area contributed by atoms with E-state index in [-0.39, 0.29) is 6.61 Å². The van der Waals surface area contributed by atoms with Gasteiger partial charge in [0.05, 0.1) is 0 Å². The van der Waals surface area contributed by atoms with Gasteiger partial charge in [-0.3, -0.25) is 0 Å². The molecule has 33 heavy (non-hydrogen) atoms. The van der Waals surface area contributed by atoms with Crippen molar-refractivity contribution in [1.29, 1.82) is 0 Å². The number of aryl methyl sites for hydroxylation is 1. The molecule has 178 valence electrons. The van der Waals surface area contributed by atoms with E-state index >= 15 is 4.39 Å². The zero-order valence-corrected chi connectivity index (χ0v) is 17.2. The fraction of sp³-hybridized carbons (Fsp3) is 0.250. The molecule has 3 aromatic carbocycles. The third-order valence-corrected chi connectivity index (χ3v) is 4.79. The van der Waals surface area contributed by atoms with Gasteiger partial charge in [0.15, 0.2) is 0 Å². The van der Waals surface area contributed by atoms with Gasteiger partial charge in [-0.2, -0.15) is 22.0 Å². The summed E-state index contributed by atoms with van der Waals surface area (Å²) < 4.78 is 81.3. The van der Waals surface area contributed by atoms with Gasteiger partial charge in [0, 0.05) is 17.7 Å². The van der Waals surface area contributed by atoms with Gasteiger partial charge < -0.3 is 15.3 Å². The Morgan fingerprint density at radius 1 is 0.606 bits per heavy atom. The van der Waals surface area contributed by atoms with Crippen molar-refractivity contribution < 1.29 is 41.7 Å². The molecule has 3 rings (SSSR count). The summed E-state index contributed by atoms with van der Waals surface area (Å²) in [4.78, 5) is 0. The lowest BCUT2D eigenvalue weighted by Crippen LogP contribution is -2.53. The van der Waals surface area contributed by atoms with E-state index in [1.807, 2.05) is 18.2 Å². The average Bonchev–Trinajstić information content (AvgIpc) is 2.78. The van der Waals surface area contributed by atoms with Crippen molar-refractivity contribution in [3.8, 4) is 11.5 Å². The van der Waals surface area contributed by atoms with Gasteiger partial charge in [0.1, 0.15) is 11.5 Å². The zero-order chi connectivity index (χ0) is 24.7. The van der Waals surface area contributed by atoms with E-state index in [4.69, 9.17) is 15.3 Å². The first-order chi connectivity index (χ1) is 15.4. The summed E-state index contributed by atoms with van der Waals surface area (Å²) in [5.41, 5.74) is -4.89. The average molecular weight is 472 g/mol. The van der Waals surface area contributed by atoms with Crippen LogP contribution in [0.5, 0.6) is 11.5 Å². The molecule has 0 amide bonds. The van der Waals surface area contributed by atoms with Gasteiger partial charge in [-0.15, -0.1) is 0 Å². The van der Waals surface area contributed by atoms with Crippen LogP contribution in [-0.4, -0.2) is 34.0 Å². The van der Waals surface area contributed by atoms with Crippen LogP contribution < -0.4 is 0 Å². The van der Waals surface area contributed by atoms with E-state index in [0.29, 0.717) is 24.3 Å². The van der Waals surface area contributed by atoms with Gasteiger partial charge in [-0.25, -0.2) is 4.39 Å². The van der Waals surface area contributed by atoms with Crippen LogP contribution in [0, 0.1) is 0 Å². The summed E-state index contributed by atoms with van der Waals surface area (Å²) in [5.74, 6) is -6.58. The van der Waals surface area contributed by atoms with Crippen LogP contribution in [0.3, 0.4) is 0 Å². The van der Waals surface area contributed by atoms with E-state index in [9.17, 15) is 22.0 Å². The molecule has 0 radical (unpaired) electrons. The van der Waals surface area contributed by atoms with Crippen molar-refractivity contribution >= 4 is 0 Å².